The van der Waals surface area contributed by atoms with E-state index in [1.807, 2.05) is 6.07 Å². The third-order valence-electron chi connectivity index (χ3n) is 5.56. The monoisotopic (exact) mass is 416 g/mol. The first kappa shape index (κ1) is 21.4. The number of carbonyl (C=O) groups is 1. The number of amidine groups is 1. The van der Waals surface area contributed by atoms with Crippen molar-refractivity contribution in [3.05, 3.63) is 53.3 Å². The van der Waals surface area contributed by atoms with Crippen molar-refractivity contribution in [3.63, 3.8) is 0 Å². The van der Waals surface area contributed by atoms with Gasteiger partial charge in [-0.3, -0.25) is 9.79 Å². The maximum atomic E-state index is 14.4. The number of pyridine rings is 1. The number of carbonyl (C=O) groups excluding carboxylic acids is 1. The molecule has 2 aliphatic rings. The van der Waals surface area contributed by atoms with Crippen LogP contribution >= 0.6 is 0 Å². The molecule has 2 atom stereocenters. The van der Waals surface area contributed by atoms with Crippen LogP contribution in [-0.2, 0) is 12.0 Å². The minimum Gasteiger partial charge on any atom is -0.514 e. The summed E-state index contributed by atoms with van der Waals surface area (Å²) in [7, 11) is 16.1. The van der Waals surface area contributed by atoms with Gasteiger partial charge in [-0.1, -0.05) is 6.07 Å². The lowest BCUT2D eigenvalue weighted by molar-refractivity contribution is 0.102. The highest BCUT2D eigenvalue weighted by Crippen LogP contribution is 2.50. The van der Waals surface area contributed by atoms with E-state index in [1.165, 1.54) is 18.3 Å². The lowest BCUT2D eigenvalue weighted by atomic mass is 9.52. The van der Waals surface area contributed by atoms with Gasteiger partial charge in [0.15, 0.2) is 5.67 Å². The summed E-state index contributed by atoms with van der Waals surface area (Å²) in [6.45, 7) is -1.19. The van der Waals surface area contributed by atoms with E-state index in [-0.39, 0.29) is 23.7 Å². The molecule has 0 unspecified atom stereocenters. The minimum absolute atomic E-state index is 0.0388. The van der Waals surface area contributed by atoms with Crippen LogP contribution in [0, 0.1) is 0 Å². The van der Waals surface area contributed by atoms with E-state index >= 15 is 0 Å². The van der Waals surface area contributed by atoms with E-state index in [0.29, 0.717) is 18.5 Å². The van der Waals surface area contributed by atoms with Gasteiger partial charge in [-0.15, -0.1) is 0 Å². The Balaban J connectivity index is 1.50. The lowest BCUT2D eigenvalue weighted by Crippen LogP contribution is -2.52. The highest BCUT2D eigenvalue weighted by atomic mass is 19.2. The largest absolute Gasteiger partial charge is 0.514 e. The predicted octanol–water partition coefficient (Wildman–Crippen LogP) is 1.41. The number of hydrogen-bond donors (Lipinski definition) is 2. The van der Waals surface area contributed by atoms with E-state index in [4.69, 9.17) is 34.0 Å². The van der Waals surface area contributed by atoms with Gasteiger partial charge in [-0.05, 0) is 53.5 Å². The number of benzene rings is 1. The number of hydrogen-bond acceptors (Lipinski definition) is 5. The van der Waals surface area contributed by atoms with Crippen molar-refractivity contribution in [2.45, 2.75) is 35.8 Å². The van der Waals surface area contributed by atoms with Crippen LogP contribution < -0.4 is 15.8 Å². The number of nitrogens with zero attached hydrogens (tertiary/aromatic N) is 2. The van der Waals surface area contributed by atoms with Crippen LogP contribution in [0.2, 0.25) is 0 Å². The molecule has 2 aromatic rings. The van der Waals surface area contributed by atoms with Gasteiger partial charge in [-0.25, -0.2) is 13.8 Å². The van der Waals surface area contributed by atoms with Gasteiger partial charge in [0.25, 0.3) is 5.91 Å². The Morgan fingerprint density at radius 3 is 2.65 bits per heavy atom. The fourth-order valence-corrected chi connectivity index (χ4v) is 3.90. The summed E-state index contributed by atoms with van der Waals surface area (Å²) in [4.78, 5) is 20.9. The fraction of sp³-hybridized carbons (Fsp3) is 0.350. The normalized spacial score (nSPS) is 24.6. The SMILES string of the molecule is [B]C([B])([B])Oc1ccc(C(=O)Nc2ccc3c(c2)[C@@]2(CC[C@@](F)(CF)C(N)=N2)C3)nc1. The summed E-state index contributed by atoms with van der Waals surface area (Å²) in [5, 5.41) is 0.902. The number of amides is 1. The molecule has 1 aliphatic carbocycles. The van der Waals surface area contributed by atoms with Gasteiger partial charge in [0.05, 0.1) is 11.7 Å². The standard InChI is InChI=1S/C20H17B3F2N4O2/c21-20(22,23)31-13-3-4-15(27-9-13)16(30)28-12-2-1-11-8-19(14(11)7-12)6-5-18(25,10-24)17(26)29-19/h1-4,7,9H,5-6,8,10H2,(H2,26,29)(H,28,30)/t18-,19-/m1/s1. The van der Waals surface area contributed by atoms with Crippen molar-refractivity contribution >= 4 is 41.0 Å². The summed E-state index contributed by atoms with van der Waals surface area (Å²) in [6, 6.07) is 8.29. The zero-order valence-corrected chi connectivity index (χ0v) is 16.6. The van der Waals surface area contributed by atoms with Crippen molar-refractivity contribution in [2.24, 2.45) is 10.7 Å². The Hall–Kier alpha value is -2.84. The highest BCUT2D eigenvalue weighted by Gasteiger charge is 2.50. The van der Waals surface area contributed by atoms with E-state index in [1.54, 1.807) is 12.1 Å². The number of nitrogens with two attached hydrogens (primary N) is 1. The number of ether oxygens (including phenoxy) is 1. The molecule has 0 saturated heterocycles. The Morgan fingerprint density at radius 2 is 2.03 bits per heavy atom. The molecule has 0 fully saturated rings. The quantitative estimate of drug-likeness (QED) is 0.723. The number of halogens is 2. The van der Waals surface area contributed by atoms with Crippen molar-refractivity contribution in [2.75, 3.05) is 12.0 Å². The van der Waals surface area contributed by atoms with Gasteiger partial charge in [0.2, 0.25) is 0 Å². The topological polar surface area (TPSA) is 89.6 Å². The van der Waals surface area contributed by atoms with Gasteiger partial charge >= 0.3 is 0 Å². The zero-order chi connectivity index (χ0) is 22.4. The van der Waals surface area contributed by atoms with Crippen LogP contribution in [0.15, 0.2) is 41.5 Å². The summed E-state index contributed by atoms with van der Waals surface area (Å²) in [5.74, 6) is -0.562. The molecule has 0 saturated carbocycles. The van der Waals surface area contributed by atoms with Crippen LogP contribution in [0.3, 0.4) is 0 Å². The second-order valence-corrected chi connectivity index (χ2v) is 7.97. The highest BCUT2D eigenvalue weighted by molar-refractivity contribution is 6.58. The Kier molecular flexibility index (Phi) is 5.10. The number of rotatable bonds is 5. The van der Waals surface area contributed by atoms with Gasteiger partial charge in [0.1, 0.15) is 47.5 Å². The number of aromatic nitrogens is 1. The molecule has 1 amide bonds. The smallest absolute Gasteiger partial charge is 0.274 e. The summed E-state index contributed by atoms with van der Waals surface area (Å²) in [5.41, 5.74) is 5.37. The Labute approximate surface area is 182 Å². The number of anilines is 1. The van der Waals surface area contributed by atoms with E-state index in [2.05, 4.69) is 15.3 Å². The summed E-state index contributed by atoms with van der Waals surface area (Å²) >= 11 is 0. The van der Waals surface area contributed by atoms with Crippen LogP contribution in [0.25, 0.3) is 0 Å². The molecule has 0 bridgehead atoms. The first-order valence-electron chi connectivity index (χ1n) is 9.61. The minimum atomic E-state index is -2.20. The average Bonchev–Trinajstić information content (AvgIpc) is 2.70. The molecule has 6 radical (unpaired) electrons. The van der Waals surface area contributed by atoms with Gasteiger partial charge in [-0.2, -0.15) is 0 Å². The molecule has 31 heavy (non-hydrogen) atoms. The zero-order valence-electron chi connectivity index (χ0n) is 16.6. The molecule has 1 aromatic heterocycles. The van der Waals surface area contributed by atoms with Crippen LogP contribution in [-0.4, -0.2) is 57.9 Å². The first-order chi connectivity index (χ1) is 14.5. The second kappa shape index (κ2) is 7.39. The Morgan fingerprint density at radius 1 is 1.26 bits per heavy atom. The molecule has 11 heteroatoms. The third kappa shape index (κ3) is 4.05. The third-order valence-corrected chi connectivity index (χ3v) is 5.56. The van der Waals surface area contributed by atoms with Crippen molar-refractivity contribution in [1.29, 1.82) is 0 Å². The van der Waals surface area contributed by atoms with Crippen molar-refractivity contribution < 1.29 is 18.3 Å². The lowest BCUT2D eigenvalue weighted by Gasteiger charge is -2.46. The van der Waals surface area contributed by atoms with Crippen LogP contribution in [0.1, 0.15) is 34.5 Å². The first-order valence-corrected chi connectivity index (χ1v) is 9.61. The number of alkyl halides is 2. The Bertz CT molecular complexity index is 1060. The van der Waals surface area contributed by atoms with E-state index in [9.17, 15) is 13.6 Å². The molecule has 6 nitrogen and oxygen atoms in total. The molecular formula is C20H17B3F2N4O2. The van der Waals surface area contributed by atoms with Crippen molar-refractivity contribution in [1.82, 2.24) is 4.98 Å². The molecular weight excluding hydrogens is 399 g/mol. The maximum Gasteiger partial charge on any atom is 0.274 e. The molecule has 3 N–H and O–H groups in total. The second-order valence-electron chi connectivity index (χ2n) is 7.97. The van der Waals surface area contributed by atoms with E-state index < -0.39 is 29.1 Å². The molecule has 1 spiro atoms. The summed E-state index contributed by atoms with van der Waals surface area (Å²) < 4.78 is 32.5. The number of aliphatic imine (C=N–C) groups is 1. The number of nitrogens with one attached hydrogen (secondary N) is 1. The predicted molar refractivity (Wildman–Crippen MR) is 115 cm³/mol. The molecule has 2 heterocycles. The molecule has 1 aliphatic heterocycles. The van der Waals surface area contributed by atoms with Gasteiger partial charge < -0.3 is 15.8 Å². The van der Waals surface area contributed by atoms with E-state index in [0.717, 1.165) is 11.1 Å². The fourth-order valence-electron chi connectivity index (χ4n) is 3.90. The molecule has 152 valence electrons. The summed E-state index contributed by atoms with van der Waals surface area (Å²) in [6.07, 6.45) is 2.17. The van der Waals surface area contributed by atoms with Crippen LogP contribution in [0.4, 0.5) is 14.5 Å². The van der Waals surface area contributed by atoms with Gasteiger partial charge in [0, 0.05) is 12.1 Å². The van der Waals surface area contributed by atoms with Crippen LogP contribution in [0.5, 0.6) is 5.75 Å². The number of fused-ring (bicyclic) bond motifs is 2. The molecule has 1 aromatic carbocycles. The maximum absolute atomic E-state index is 14.4. The van der Waals surface area contributed by atoms with Crippen molar-refractivity contribution in [3.8, 4) is 5.75 Å². The average molecular weight is 416 g/mol. The molecule has 4 rings (SSSR count).